The number of ketones is 1. The van der Waals surface area contributed by atoms with Crippen LogP contribution in [0.5, 0.6) is 5.75 Å². The summed E-state index contributed by atoms with van der Waals surface area (Å²) in [6.07, 6.45) is 0. The summed E-state index contributed by atoms with van der Waals surface area (Å²) in [5.41, 5.74) is 2.91. The first-order valence-electron chi connectivity index (χ1n) is 11.0. The van der Waals surface area contributed by atoms with Crippen molar-refractivity contribution in [3.63, 3.8) is 0 Å². The van der Waals surface area contributed by atoms with E-state index in [-0.39, 0.29) is 11.3 Å². The molecule has 3 aromatic carbocycles. The molecule has 168 valence electrons. The van der Waals surface area contributed by atoms with Crippen molar-refractivity contribution in [3.05, 3.63) is 101 Å². The van der Waals surface area contributed by atoms with Crippen LogP contribution in [0.3, 0.4) is 0 Å². The van der Waals surface area contributed by atoms with Crippen molar-refractivity contribution in [2.75, 3.05) is 11.5 Å². The summed E-state index contributed by atoms with van der Waals surface area (Å²) >= 11 is 0. The molecular weight excluding hydrogens is 414 g/mol. The first-order chi connectivity index (χ1) is 15.9. The SMILES string of the molecule is Cc1ccc(N2C(=O)C(=O)/C(=C(/O)c3ccccc3)C2c2ccc(OCC(C)C)cc2)cc1. The number of aliphatic hydroxyl groups is 1. The molecule has 1 N–H and O–H groups in total. The standard InChI is InChI=1S/C28H27NO4/c1-18(2)17-33-23-15-11-20(12-16-23)25-24(26(30)21-7-5-4-6-8-21)27(31)28(32)29(25)22-13-9-19(3)10-14-22/h4-16,18,25,30H,17H2,1-3H3/b26-24+. The molecule has 0 saturated carbocycles. The highest BCUT2D eigenvalue weighted by Crippen LogP contribution is 2.42. The number of anilines is 1. The average Bonchev–Trinajstić information content (AvgIpc) is 3.09. The van der Waals surface area contributed by atoms with Gasteiger partial charge in [0.15, 0.2) is 0 Å². The molecule has 1 heterocycles. The maximum Gasteiger partial charge on any atom is 0.300 e. The van der Waals surface area contributed by atoms with E-state index in [2.05, 4.69) is 13.8 Å². The molecule has 0 aliphatic carbocycles. The van der Waals surface area contributed by atoms with Crippen LogP contribution < -0.4 is 9.64 Å². The number of benzene rings is 3. The van der Waals surface area contributed by atoms with Gasteiger partial charge in [-0.1, -0.05) is 74.0 Å². The fraction of sp³-hybridized carbons (Fsp3) is 0.214. The minimum Gasteiger partial charge on any atom is -0.507 e. The summed E-state index contributed by atoms with van der Waals surface area (Å²) in [6.45, 7) is 6.70. The molecule has 1 fully saturated rings. The number of carbonyl (C=O) groups excluding carboxylic acids is 2. The predicted molar refractivity (Wildman–Crippen MR) is 129 cm³/mol. The van der Waals surface area contributed by atoms with Crippen molar-refractivity contribution in [1.82, 2.24) is 0 Å². The van der Waals surface area contributed by atoms with E-state index in [0.29, 0.717) is 35.1 Å². The Morgan fingerprint density at radius 3 is 2.18 bits per heavy atom. The zero-order valence-corrected chi connectivity index (χ0v) is 19.0. The van der Waals surface area contributed by atoms with Crippen LogP contribution in [0, 0.1) is 12.8 Å². The third-order valence-corrected chi connectivity index (χ3v) is 5.58. The smallest absolute Gasteiger partial charge is 0.300 e. The van der Waals surface area contributed by atoms with Gasteiger partial charge in [0.1, 0.15) is 11.5 Å². The number of hydrogen-bond acceptors (Lipinski definition) is 4. The van der Waals surface area contributed by atoms with Crippen LogP contribution in [0.25, 0.3) is 5.76 Å². The van der Waals surface area contributed by atoms with Gasteiger partial charge in [0.05, 0.1) is 18.2 Å². The number of rotatable bonds is 6. The van der Waals surface area contributed by atoms with Gasteiger partial charge >= 0.3 is 0 Å². The Morgan fingerprint density at radius 2 is 1.58 bits per heavy atom. The molecule has 1 aliphatic rings. The number of carbonyl (C=O) groups is 2. The number of Topliss-reactive ketones (excluding diaryl/α,β-unsaturated/α-hetero) is 1. The number of aryl methyl sites for hydroxylation is 1. The fourth-order valence-electron chi connectivity index (χ4n) is 3.88. The van der Waals surface area contributed by atoms with E-state index in [1.807, 2.05) is 61.5 Å². The Bertz CT molecular complexity index is 1180. The van der Waals surface area contributed by atoms with Gasteiger partial charge in [-0.2, -0.15) is 0 Å². The highest BCUT2D eigenvalue weighted by Gasteiger charge is 2.46. The maximum atomic E-state index is 13.2. The van der Waals surface area contributed by atoms with Crippen LogP contribution in [-0.4, -0.2) is 23.4 Å². The zero-order chi connectivity index (χ0) is 23.5. The van der Waals surface area contributed by atoms with Gasteiger partial charge in [-0.05, 0) is 42.7 Å². The second-order valence-corrected chi connectivity index (χ2v) is 8.64. The Hall–Kier alpha value is -3.86. The van der Waals surface area contributed by atoms with Gasteiger partial charge in [0, 0.05) is 11.3 Å². The van der Waals surface area contributed by atoms with Crippen LogP contribution in [-0.2, 0) is 9.59 Å². The Labute approximate surface area is 193 Å². The van der Waals surface area contributed by atoms with Crippen LogP contribution >= 0.6 is 0 Å². The molecule has 4 rings (SSSR count). The molecule has 3 aromatic rings. The Balaban J connectivity index is 1.83. The first kappa shape index (κ1) is 22.3. The molecule has 0 radical (unpaired) electrons. The van der Waals surface area contributed by atoms with Gasteiger partial charge in [-0.25, -0.2) is 0 Å². The lowest BCUT2D eigenvalue weighted by molar-refractivity contribution is -0.132. The second-order valence-electron chi connectivity index (χ2n) is 8.64. The van der Waals surface area contributed by atoms with Gasteiger partial charge in [-0.3, -0.25) is 14.5 Å². The summed E-state index contributed by atoms with van der Waals surface area (Å²) in [5, 5.41) is 11.1. The monoisotopic (exact) mass is 441 g/mol. The van der Waals surface area contributed by atoms with E-state index in [1.54, 1.807) is 24.3 Å². The van der Waals surface area contributed by atoms with Crippen LogP contribution in [0.4, 0.5) is 5.69 Å². The molecule has 1 amide bonds. The van der Waals surface area contributed by atoms with E-state index in [1.165, 1.54) is 4.90 Å². The molecule has 1 atom stereocenters. The maximum absolute atomic E-state index is 13.2. The third kappa shape index (κ3) is 4.53. The van der Waals surface area contributed by atoms with E-state index in [0.717, 1.165) is 5.56 Å². The predicted octanol–water partition coefficient (Wildman–Crippen LogP) is 5.66. The molecule has 5 nitrogen and oxygen atoms in total. The molecule has 0 bridgehead atoms. The number of nitrogens with zero attached hydrogens (tertiary/aromatic N) is 1. The quantitative estimate of drug-likeness (QED) is 0.305. The number of ether oxygens (including phenoxy) is 1. The van der Waals surface area contributed by atoms with E-state index < -0.39 is 17.7 Å². The molecule has 1 saturated heterocycles. The largest absolute Gasteiger partial charge is 0.507 e. The number of amides is 1. The van der Waals surface area contributed by atoms with E-state index in [4.69, 9.17) is 4.74 Å². The van der Waals surface area contributed by atoms with Gasteiger partial charge < -0.3 is 9.84 Å². The number of aliphatic hydroxyl groups excluding tert-OH is 1. The van der Waals surface area contributed by atoms with Crippen LogP contribution in [0.2, 0.25) is 0 Å². The normalized spacial score (nSPS) is 17.6. The van der Waals surface area contributed by atoms with Gasteiger partial charge in [0.2, 0.25) is 0 Å². The highest BCUT2D eigenvalue weighted by atomic mass is 16.5. The Morgan fingerprint density at radius 1 is 0.939 bits per heavy atom. The summed E-state index contributed by atoms with van der Waals surface area (Å²) < 4.78 is 5.79. The van der Waals surface area contributed by atoms with Crippen molar-refractivity contribution in [3.8, 4) is 5.75 Å². The minimum absolute atomic E-state index is 0.0719. The molecule has 1 unspecified atom stereocenters. The number of hydrogen-bond donors (Lipinski definition) is 1. The molecule has 33 heavy (non-hydrogen) atoms. The van der Waals surface area contributed by atoms with E-state index >= 15 is 0 Å². The van der Waals surface area contributed by atoms with Crippen molar-refractivity contribution in [2.24, 2.45) is 5.92 Å². The molecular formula is C28H27NO4. The van der Waals surface area contributed by atoms with Crippen molar-refractivity contribution >= 4 is 23.1 Å². The average molecular weight is 442 g/mol. The minimum atomic E-state index is -0.757. The lowest BCUT2D eigenvalue weighted by Crippen LogP contribution is -2.29. The van der Waals surface area contributed by atoms with Crippen LogP contribution in [0.1, 0.15) is 36.6 Å². The lowest BCUT2D eigenvalue weighted by Gasteiger charge is -2.25. The Kier molecular flexibility index (Phi) is 6.31. The highest BCUT2D eigenvalue weighted by molar-refractivity contribution is 6.51. The van der Waals surface area contributed by atoms with Crippen molar-refractivity contribution < 1.29 is 19.4 Å². The van der Waals surface area contributed by atoms with Crippen LogP contribution in [0.15, 0.2) is 84.4 Å². The summed E-state index contributed by atoms with van der Waals surface area (Å²) in [7, 11) is 0. The van der Waals surface area contributed by atoms with Gasteiger partial charge in [-0.15, -0.1) is 0 Å². The molecule has 1 aliphatic heterocycles. The first-order valence-corrected chi connectivity index (χ1v) is 11.0. The molecule has 0 spiro atoms. The van der Waals surface area contributed by atoms with Crippen molar-refractivity contribution in [2.45, 2.75) is 26.8 Å². The molecule has 5 heteroatoms. The third-order valence-electron chi connectivity index (χ3n) is 5.58. The fourth-order valence-corrected chi connectivity index (χ4v) is 3.88. The second kappa shape index (κ2) is 9.33. The molecule has 0 aromatic heterocycles. The van der Waals surface area contributed by atoms with E-state index in [9.17, 15) is 14.7 Å². The summed E-state index contributed by atoms with van der Waals surface area (Å²) in [4.78, 5) is 27.8. The lowest BCUT2D eigenvalue weighted by atomic mass is 9.95. The summed E-state index contributed by atoms with van der Waals surface area (Å²) in [5.74, 6) is -0.454. The summed E-state index contributed by atoms with van der Waals surface area (Å²) in [6, 6.07) is 22.8. The zero-order valence-electron chi connectivity index (χ0n) is 19.0. The topological polar surface area (TPSA) is 66.8 Å². The van der Waals surface area contributed by atoms with Crippen molar-refractivity contribution in [1.29, 1.82) is 0 Å². The van der Waals surface area contributed by atoms with Gasteiger partial charge in [0.25, 0.3) is 11.7 Å².